The fourth-order valence-corrected chi connectivity index (χ4v) is 6.03. The first kappa shape index (κ1) is 27.9. The predicted molar refractivity (Wildman–Crippen MR) is 165 cm³/mol. The quantitative estimate of drug-likeness (QED) is 0.229. The number of hydrogen-bond acceptors (Lipinski definition) is 4. The Bertz CT molecular complexity index is 1490. The maximum absolute atomic E-state index is 12.3. The van der Waals surface area contributed by atoms with Crippen LogP contribution in [0.15, 0.2) is 103 Å². The van der Waals surface area contributed by atoms with E-state index in [0.29, 0.717) is 25.6 Å². The number of carbonyl (C=O) groups is 1. The van der Waals surface area contributed by atoms with Gasteiger partial charge in [0.25, 0.3) is 0 Å². The molecule has 0 radical (unpaired) electrons. The summed E-state index contributed by atoms with van der Waals surface area (Å²) < 4.78 is 17.8. The first-order chi connectivity index (χ1) is 20.3. The molecule has 4 aromatic rings. The van der Waals surface area contributed by atoms with Crippen LogP contribution < -0.4 is 9.47 Å². The number of aryl methyl sites for hydroxylation is 1. The van der Waals surface area contributed by atoms with E-state index < -0.39 is 5.60 Å². The zero-order chi connectivity index (χ0) is 29.1. The molecule has 2 atom stereocenters. The Morgan fingerprint density at radius 3 is 2.17 bits per heavy atom. The molecule has 1 fully saturated rings. The summed E-state index contributed by atoms with van der Waals surface area (Å²) in [4.78, 5) is 14.0. The molecule has 6 rings (SSSR count). The largest absolute Gasteiger partial charge is 0.489 e. The predicted octanol–water partition coefficient (Wildman–Crippen LogP) is 8.13. The summed E-state index contributed by atoms with van der Waals surface area (Å²) in [6.45, 7) is 7.28. The molecule has 0 spiro atoms. The molecule has 4 aromatic carbocycles. The van der Waals surface area contributed by atoms with Gasteiger partial charge >= 0.3 is 6.09 Å². The fraction of sp³-hybridized carbons (Fsp3) is 0.324. The topological polar surface area (TPSA) is 48.0 Å². The van der Waals surface area contributed by atoms with Gasteiger partial charge in [-0.15, -0.1) is 0 Å². The van der Waals surface area contributed by atoms with E-state index in [9.17, 15) is 4.79 Å². The Labute approximate surface area is 249 Å². The van der Waals surface area contributed by atoms with Gasteiger partial charge < -0.3 is 19.1 Å². The van der Waals surface area contributed by atoms with Gasteiger partial charge in [0.2, 0.25) is 0 Å². The van der Waals surface area contributed by atoms with Crippen molar-refractivity contribution in [1.29, 1.82) is 0 Å². The SMILES string of the molecule is CC(C)(C)OC(=O)N1CC(Oc2ccc([C@@H]3c4ccc(OCc5ccccc5)cc4CC[C@@H]3c3ccccc3)cc2)C1. The van der Waals surface area contributed by atoms with E-state index in [4.69, 9.17) is 14.2 Å². The van der Waals surface area contributed by atoms with E-state index in [1.165, 1.54) is 27.8 Å². The van der Waals surface area contributed by atoms with E-state index in [-0.39, 0.29) is 18.1 Å². The minimum absolute atomic E-state index is 0.0230. The van der Waals surface area contributed by atoms with Gasteiger partial charge in [-0.1, -0.05) is 78.9 Å². The smallest absolute Gasteiger partial charge is 0.410 e. The number of fused-ring (bicyclic) bond motifs is 1. The normalized spacial score (nSPS) is 18.5. The lowest BCUT2D eigenvalue weighted by Crippen LogP contribution is -2.57. The van der Waals surface area contributed by atoms with Crippen molar-refractivity contribution in [3.63, 3.8) is 0 Å². The number of rotatable bonds is 7. The molecule has 0 bridgehead atoms. The van der Waals surface area contributed by atoms with Crippen molar-refractivity contribution in [2.24, 2.45) is 0 Å². The van der Waals surface area contributed by atoms with Gasteiger partial charge in [-0.3, -0.25) is 0 Å². The molecule has 0 saturated carbocycles. The van der Waals surface area contributed by atoms with Crippen LogP contribution in [0.5, 0.6) is 11.5 Å². The second kappa shape index (κ2) is 11.9. The third kappa shape index (κ3) is 6.46. The molecular formula is C37H39NO4. The van der Waals surface area contributed by atoms with Gasteiger partial charge in [-0.25, -0.2) is 4.79 Å². The van der Waals surface area contributed by atoms with Crippen LogP contribution in [0.2, 0.25) is 0 Å². The molecular weight excluding hydrogens is 522 g/mol. The van der Waals surface area contributed by atoms with Crippen LogP contribution in [0.3, 0.4) is 0 Å². The monoisotopic (exact) mass is 561 g/mol. The molecule has 5 heteroatoms. The maximum Gasteiger partial charge on any atom is 0.410 e. The highest BCUT2D eigenvalue weighted by Gasteiger charge is 2.36. The number of amides is 1. The molecule has 5 nitrogen and oxygen atoms in total. The van der Waals surface area contributed by atoms with Crippen molar-refractivity contribution >= 4 is 6.09 Å². The summed E-state index contributed by atoms with van der Waals surface area (Å²) in [5, 5.41) is 0. The summed E-state index contributed by atoms with van der Waals surface area (Å²) >= 11 is 0. The van der Waals surface area contributed by atoms with Crippen LogP contribution in [0.25, 0.3) is 0 Å². The standard InChI is InChI=1S/C37H39NO4/c1-37(2,3)42-36(39)38-23-32(24-38)41-30-17-14-28(15-18-30)35-33(27-12-8-5-9-13-27)20-16-29-22-31(19-21-34(29)35)40-25-26-10-6-4-7-11-26/h4-15,17-19,21-22,32-33,35H,16,20,23-25H2,1-3H3/t33-,35+/m1/s1. The van der Waals surface area contributed by atoms with Crippen molar-refractivity contribution in [1.82, 2.24) is 4.90 Å². The van der Waals surface area contributed by atoms with E-state index in [2.05, 4.69) is 84.9 Å². The van der Waals surface area contributed by atoms with Crippen molar-refractivity contribution in [3.8, 4) is 11.5 Å². The summed E-state index contributed by atoms with van der Waals surface area (Å²) in [6.07, 6.45) is 1.79. The maximum atomic E-state index is 12.3. The Balaban J connectivity index is 1.18. The van der Waals surface area contributed by atoms with Gasteiger partial charge in [0.15, 0.2) is 0 Å². The molecule has 0 unspecified atom stereocenters. The van der Waals surface area contributed by atoms with Gasteiger partial charge in [0, 0.05) is 5.92 Å². The highest BCUT2D eigenvalue weighted by atomic mass is 16.6. The summed E-state index contributed by atoms with van der Waals surface area (Å²) in [5.74, 6) is 2.36. The number of nitrogens with zero attached hydrogens (tertiary/aromatic N) is 1. The van der Waals surface area contributed by atoms with E-state index in [1.807, 2.05) is 39.0 Å². The Hall–Kier alpha value is -4.25. The van der Waals surface area contributed by atoms with Crippen molar-refractivity contribution in [3.05, 3.63) is 131 Å². The van der Waals surface area contributed by atoms with Gasteiger partial charge in [0.1, 0.15) is 29.8 Å². The van der Waals surface area contributed by atoms with Gasteiger partial charge in [-0.05, 0) is 91.6 Å². The minimum atomic E-state index is -0.495. The highest BCUT2D eigenvalue weighted by molar-refractivity contribution is 5.69. The molecule has 216 valence electrons. The number of carbonyl (C=O) groups excluding carboxylic acids is 1. The second-order valence-electron chi connectivity index (χ2n) is 12.4. The average molecular weight is 562 g/mol. The summed E-state index contributed by atoms with van der Waals surface area (Å²) in [7, 11) is 0. The molecule has 42 heavy (non-hydrogen) atoms. The lowest BCUT2D eigenvalue weighted by atomic mass is 9.69. The van der Waals surface area contributed by atoms with Crippen LogP contribution in [0.1, 0.15) is 66.8 Å². The van der Waals surface area contributed by atoms with Gasteiger partial charge in [-0.2, -0.15) is 0 Å². The number of hydrogen-bond donors (Lipinski definition) is 0. The van der Waals surface area contributed by atoms with Crippen LogP contribution >= 0.6 is 0 Å². The molecule has 1 amide bonds. The van der Waals surface area contributed by atoms with Crippen LogP contribution in [-0.4, -0.2) is 35.8 Å². The molecule has 0 N–H and O–H groups in total. The number of ether oxygens (including phenoxy) is 3. The van der Waals surface area contributed by atoms with Crippen molar-refractivity contribution in [2.45, 2.75) is 63.8 Å². The molecule has 1 heterocycles. The van der Waals surface area contributed by atoms with Crippen LogP contribution in [0, 0.1) is 0 Å². The van der Waals surface area contributed by atoms with Crippen LogP contribution in [-0.2, 0) is 17.8 Å². The number of benzene rings is 4. The van der Waals surface area contributed by atoms with E-state index >= 15 is 0 Å². The molecule has 1 aliphatic carbocycles. The molecule has 1 saturated heterocycles. The van der Waals surface area contributed by atoms with E-state index in [0.717, 1.165) is 24.3 Å². The second-order valence-corrected chi connectivity index (χ2v) is 12.4. The first-order valence-corrected chi connectivity index (χ1v) is 14.9. The Morgan fingerprint density at radius 1 is 0.810 bits per heavy atom. The van der Waals surface area contributed by atoms with Crippen molar-refractivity contribution in [2.75, 3.05) is 13.1 Å². The highest BCUT2D eigenvalue weighted by Crippen LogP contribution is 2.47. The third-order valence-corrected chi connectivity index (χ3v) is 8.09. The van der Waals surface area contributed by atoms with Gasteiger partial charge in [0.05, 0.1) is 13.1 Å². The lowest BCUT2D eigenvalue weighted by Gasteiger charge is -2.39. The Morgan fingerprint density at radius 2 is 1.48 bits per heavy atom. The zero-order valence-electron chi connectivity index (χ0n) is 24.7. The molecule has 2 aliphatic rings. The third-order valence-electron chi connectivity index (χ3n) is 8.09. The van der Waals surface area contributed by atoms with Crippen molar-refractivity contribution < 1.29 is 19.0 Å². The average Bonchev–Trinajstić information content (AvgIpc) is 2.97. The molecule has 0 aromatic heterocycles. The minimum Gasteiger partial charge on any atom is -0.489 e. The summed E-state index contributed by atoms with van der Waals surface area (Å²) in [5.41, 5.74) is 6.04. The molecule has 1 aliphatic heterocycles. The lowest BCUT2D eigenvalue weighted by molar-refractivity contribution is -0.0221. The van der Waals surface area contributed by atoms with Crippen LogP contribution in [0.4, 0.5) is 4.79 Å². The summed E-state index contributed by atoms with van der Waals surface area (Å²) in [6, 6.07) is 36.3. The first-order valence-electron chi connectivity index (χ1n) is 14.9. The fourth-order valence-electron chi connectivity index (χ4n) is 6.03. The number of likely N-dealkylation sites (tertiary alicyclic amines) is 1. The zero-order valence-corrected chi connectivity index (χ0v) is 24.7. The van der Waals surface area contributed by atoms with E-state index in [1.54, 1.807) is 4.90 Å². The Kier molecular flexibility index (Phi) is 7.92.